The summed E-state index contributed by atoms with van der Waals surface area (Å²) in [7, 11) is 0. The molecular formula is C36H36O6. The largest absolute Gasteiger partial charge is 0.478 e. The highest BCUT2D eigenvalue weighted by Gasteiger charge is 2.32. The molecule has 6 heteroatoms. The molecule has 0 saturated heterocycles. The molecule has 0 aliphatic heterocycles. The molecule has 3 N–H and O–H groups in total. The molecule has 0 saturated carbocycles. The summed E-state index contributed by atoms with van der Waals surface area (Å²) < 4.78 is 0. The van der Waals surface area contributed by atoms with E-state index in [-0.39, 0.29) is 29.5 Å². The number of hydrogen-bond acceptors (Lipinski definition) is 3. The van der Waals surface area contributed by atoms with Gasteiger partial charge in [-0.15, -0.1) is 0 Å². The monoisotopic (exact) mass is 564 g/mol. The number of aryl methyl sites for hydroxylation is 3. The predicted molar refractivity (Wildman–Crippen MR) is 163 cm³/mol. The molecule has 0 heterocycles. The smallest absolute Gasteiger partial charge is 0.336 e. The zero-order valence-corrected chi connectivity index (χ0v) is 23.6. The maximum absolute atomic E-state index is 12.9. The van der Waals surface area contributed by atoms with Crippen LogP contribution in [0.15, 0.2) is 91.0 Å². The van der Waals surface area contributed by atoms with Crippen molar-refractivity contribution in [3.8, 4) is 0 Å². The van der Waals surface area contributed by atoms with E-state index in [9.17, 15) is 29.7 Å². The molecule has 0 atom stereocenters. The summed E-state index contributed by atoms with van der Waals surface area (Å²) in [5, 5.41) is 31.2. The molecular weight excluding hydrogens is 528 g/mol. The van der Waals surface area contributed by atoms with Crippen LogP contribution in [0.25, 0.3) is 0 Å². The van der Waals surface area contributed by atoms with Gasteiger partial charge < -0.3 is 15.3 Å². The molecule has 0 fully saturated rings. The Morgan fingerprint density at radius 3 is 1.00 bits per heavy atom. The summed E-state index contributed by atoms with van der Waals surface area (Å²) in [4.78, 5) is 38.3. The molecule has 0 aromatic heterocycles. The van der Waals surface area contributed by atoms with E-state index >= 15 is 0 Å². The number of carboxylic acid groups (broad SMARTS) is 3. The lowest BCUT2D eigenvalue weighted by molar-refractivity contribution is 0.0646. The molecule has 0 radical (unpaired) electrons. The molecule has 0 aliphatic carbocycles. The van der Waals surface area contributed by atoms with Gasteiger partial charge in [0.15, 0.2) is 0 Å². The number of benzene rings is 4. The van der Waals surface area contributed by atoms with Crippen LogP contribution < -0.4 is 0 Å². The number of aromatic carboxylic acids is 3. The summed E-state index contributed by atoms with van der Waals surface area (Å²) in [6.45, 7) is 0. The molecule has 0 bridgehead atoms. The maximum atomic E-state index is 12.9. The second-order valence-electron chi connectivity index (χ2n) is 10.5. The Labute approximate surface area is 246 Å². The van der Waals surface area contributed by atoms with Gasteiger partial charge in [-0.05, 0) is 91.2 Å². The molecule has 0 spiro atoms. The van der Waals surface area contributed by atoms with Crippen molar-refractivity contribution in [1.82, 2.24) is 0 Å². The van der Waals surface area contributed by atoms with Crippen LogP contribution in [-0.4, -0.2) is 33.2 Å². The van der Waals surface area contributed by atoms with Gasteiger partial charge in [0.05, 0.1) is 16.7 Å². The van der Waals surface area contributed by atoms with Crippen LogP contribution in [0.5, 0.6) is 0 Å². The van der Waals surface area contributed by atoms with E-state index in [1.54, 1.807) is 0 Å². The number of hydrogen-bond donors (Lipinski definition) is 3. The van der Waals surface area contributed by atoms with Gasteiger partial charge in [0.25, 0.3) is 0 Å². The summed E-state index contributed by atoms with van der Waals surface area (Å²) in [6, 6.07) is 29.3. The summed E-state index contributed by atoms with van der Waals surface area (Å²) in [6.07, 6.45) is 4.36. The first-order valence-corrected chi connectivity index (χ1v) is 14.4. The van der Waals surface area contributed by atoms with Gasteiger partial charge in [0.2, 0.25) is 0 Å². The van der Waals surface area contributed by atoms with Gasteiger partial charge in [0.1, 0.15) is 0 Å². The van der Waals surface area contributed by atoms with Gasteiger partial charge >= 0.3 is 17.9 Å². The van der Waals surface area contributed by atoms with Crippen LogP contribution in [0.4, 0.5) is 0 Å². The van der Waals surface area contributed by atoms with Crippen molar-refractivity contribution in [3.05, 3.63) is 141 Å². The van der Waals surface area contributed by atoms with Crippen molar-refractivity contribution < 1.29 is 29.7 Å². The third-order valence-electron chi connectivity index (χ3n) is 7.67. The fraction of sp³-hybridized carbons (Fsp3) is 0.250. The molecule has 4 rings (SSSR count). The number of rotatable bonds is 15. The Balaban J connectivity index is 1.78. The van der Waals surface area contributed by atoms with E-state index in [0.29, 0.717) is 56.1 Å². The first-order valence-electron chi connectivity index (χ1n) is 14.4. The van der Waals surface area contributed by atoms with Crippen LogP contribution in [0, 0.1) is 0 Å². The first-order chi connectivity index (χ1) is 20.4. The highest BCUT2D eigenvalue weighted by atomic mass is 16.4. The van der Waals surface area contributed by atoms with Gasteiger partial charge in [-0.2, -0.15) is 0 Å². The lowest BCUT2D eigenvalue weighted by Crippen LogP contribution is -2.22. The minimum atomic E-state index is -1.41. The second-order valence-corrected chi connectivity index (χ2v) is 10.5. The highest BCUT2D eigenvalue weighted by Crippen LogP contribution is 2.33. The van der Waals surface area contributed by atoms with Crippen molar-refractivity contribution >= 4 is 17.9 Å². The Bertz CT molecular complexity index is 1510. The zero-order chi connectivity index (χ0) is 29.9. The summed E-state index contributed by atoms with van der Waals surface area (Å²) >= 11 is 0. The first kappa shape index (κ1) is 30.3. The lowest BCUT2D eigenvalue weighted by Gasteiger charge is -2.22. The van der Waals surface area contributed by atoms with Crippen LogP contribution in [-0.2, 0) is 38.5 Å². The van der Waals surface area contributed by atoms with E-state index in [1.165, 1.54) is 0 Å². The molecule has 0 amide bonds. The van der Waals surface area contributed by atoms with E-state index in [0.717, 1.165) is 16.7 Å². The second kappa shape index (κ2) is 14.8. The van der Waals surface area contributed by atoms with Gasteiger partial charge in [-0.3, -0.25) is 0 Å². The highest BCUT2D eigenvalue weighted by molar-refractivity contribution is 6.07. The molecule has 216 valence electrons. The van der Waals surface area contributed by atoms with Gasteiger partial charge in [0, 0.05) is 0 Å². The van der Waals surface area contributed by atoms with Gasteiger partial charge in [-0.25, -0.2) is 14.4 Å². The van der Waals surface area contributed by atoms with Crippen molar-refractivity contribution in [2.75, 3.05) is 0 Å². The number of carboxylic acids is 3. The van der Waals surface area contributed by atoms with Crippen LogP contribution in [0.3, 0.4) is 0 Å². The standard InChI is InChI=1S/C36H36O6/c37-34(38)31-28(22-10-19-25-13-4-1-5-14-25)29(23-11-20-26-15-6-2-7-16-26)32(35(39)40)33(36(41)42)30(31)24-12-21-27-17-8-3-9-18-27/h1-9,13-18H,10-12,19-24H2,(H,37,38)(H,39,40)(H,41,42). The van der Waals surface area contributed by atoms with Crippen LogP contribution >= 0.6 is 0 Å². The molecule has 4 aromatic carbocycles. The molecule has 42 heavy (non-hydrogen) atoms. The maximum Gasteiger partial charge on any atom is 0.336 e. The minimum absolute atomic E-state index is 0.0479. The third kappa shape index (κ3) is 7.72. The minimum Gasteiger partial charge on any atom is -0.478 e. The Kier molecular flexibility index (Phi) is 10.6. The molecule has 0 unspecified atom stereocenters. The average molecular weight is 565 g/mol. The van der Waals surface area contributed by atoms with Crippen molar-refractivity contribution in [2.24, 2.45) is 0 Å². The number of carbonyl (C=O) groups is 3. The Morgan fingerprint density at radius 2 is 0.667 bits per heavy atom. The third-order valence-corrected chi connectivity index (χ3v) is 7.67. The Morgan fingerprint density at radius 1 is 0.381 bits per heavy atom. The molecule has 6 nitrogen and oxygen atoms in total. The fourth-order valence-corrected chi connectivity index (χ4v) is 5.78. The van der Waals surface area contributed by atoms with Crippen LogP contribution in [0.2, 0.25) is 0 Å². The lowest BCUT2D eigenvalue weighted by atomic mass is 9.80. The van der Waals surface area contributed by atoms with Crippen molar-refractivity contribution in [1.29, 1.82) is 0 Å². The summed E-state index contributed by atoms with van der Waals surface area (Å²) in [5.41, 5.74) is 3.39. The SMILES string of the molecule is O=C(O)c1c(CCCc2ccccc2)c(CCCc2ccccc2)c(C(=O)O)c(C(=O)O)c1CCCc1ccccc1. The van der Waals surface area contributed by atoms with Crippen molar-refractivity contribution in [3.63, 3.8) is 0 Å². The normalized spacial score (nSPS) is 10.9. The quantitative estimate of drug-likeness (QED) is 0.140. The molecule has 0 aliphatic rings. The van der Waals surface area contributed by atoms with Crippen LogP contribution in [0.1, 0.15) is 83.7 Å². The predicted octanol–water partition coefficient (Wildman–Crippen LogP) is 7.31. The van der Waals surface area contributed by atoms with Crippen molar-refractivity contribution in [2.45, 2.75) is 57.8 Å². The van der Waals surface area contributed by atoms with E-state index in [2.05, 4.69) is 0 Å². The topological polar surface area (TPSA) is 112 Å². The Hall–Kier alpha value is -4.71. The van der Waals surface area contributed by atoms with Gasteiger partial charge in [-0.1, -0.05) is 91.0 Å². The van der Waals surface area contributed by atoms with E-state index in [1.807, 2.05) is 91.0 Å². The fourth-order valence-electron chi connectivity index (χ4n) is 5.78. The molecule has 4 aromatic rings. The zero-order valence-electron chi connectivity index (χ0n) is 23.6. The van der Waals surface area contributed by atoms with E-state index in [4.69, 9.17) is 0 Å². The average Bonchev–Trinajstić information content (AvgIpc) is 2.98. The summed E-state index contributed by atoms with van der Waals surface area (Å²) in [5.74, 6) is -3.97. The van der Waals surface area contributed by atoms with E-state index < -0.39 is 23.5 Å².